The van der Waals surface area contributed by atoms with Gasteiger partial charge in [0.05, 0.1) is 17.3 Å². The van der Waals surface area contributed by atoms with Crippen molar-refractivity contribution in [1.29, 1.82) is 0 Å². The number of nitrogens with zero attached hydrogens (tertiary/aromatic N) is 2. The van der Waals surface area contributed by atoms with Gasteiger partial charge in [0.1, 0.15) is 6.54 Å². The van der Waals surface area contributed by atoms with E-state index in [9.17, 15) is 9.59 Å². The highest BCUT2D eigenvalue weighted by Crippen LogP contribution is 2.37. The largest absolute Gasteiger partial charge is 0.325 e. The summed E-state index contributed by atoms with van der Waals surface area (Å²) in [6, 6.07) is 13.2. The van der Waals surface area contributed by atoms with Crippen LogP contribution in [0.2, 0.25) is 0 Å². The summed E-state index contributed by atoms with van der Waals surface area (Å²) in [4.78, 5) is 32.1. The van der Waals surface area contributed by atoms with Gasteiger partial charge in [-0.15, -0.1) is 0 Å². The predicted molar refractivity (Wildman–Crippen MR) is 111 cm³/mol. The Hall–Kier alpha value is -2.47. The van der Waals surface area contributed by atoms with E-state index in [-0.39, 0.29) is 24.3 Å². The third-order valence-electron chi connectivity index (χ3n) is 5.07. The van der Waals surface area contributed by atoms with E-state index < -0.39 is 0 Å². The number of hydrogen-bond donors (Lipinski definition) is 1. The fourth-order valence-corrected chi connectivity index (χ4v) is 3.95. The van der Waals surface area contributed by atoms with Crippen LogP contribution >= 0.6 is 15.9 Å². The Bertz CT molecular complexity index is 954. The lowest BCUT2D eigenvalue weighted by Crippen LogP contribution is -2.41. The molecule has 4 rings (SSSR count). The SMILES string of the molecule is Cc1cc(NC(=O)CN2C(=O)[C@@H]3CCCC3=Nc3ccccc32)ccc1Br. The first-order valence-electron chi connectivity index (χ1n) is 9.07. The van der Waals surface area contributed by atoms with Gasteiger partial charge in [-0.2, -0.15) is 0 Å². The van der Waals surface area contributed by atoms with E-state index in [0.29, 0.717) is 11.4 Å². The van der Waals surface area contributed by atoms with Gasteiger partial charge in [0, 0.05) is 15.9 Å². The molecule has 2 aliphatic rings. The van der Waals surface area contributed by atoms with Crippen LogP contribution in [0.5, 0.6) is 0 Å². The number of carbonyl (C=O) groups excluding carboxylic acids is 2. The summed E-state index contributed by atoms with van der Waals surface area (Å²) in [5.74, 6) is -0.459. The molecule has 5 nitrogen and oxygen atoms in total. The van der Waals surface area contributed by atoms with Crippen molar-refractivity contribution in [3.8, 4) is 0 Å². The third kappa shape index (κ3) is 3.54. The minimum absolute atomic E-state index is 0.0236. The van der Waals surface area contributed by atoms with Crippen molar-refractivity contribution in [3.05, 3.63) is 52.5 Å². The maximum Gasteiger partial charge on any atom is 0.244 e. The number of rotatable bonds is 3. The molecular weight excluding hydrogens is 406 g/mol. The highest BCUT2D eigenvalue weighted by molar-refractivity contribution is 9.10. The standard InChI is InChI=1S/C21H20BrN3O2/c1-13-11-14(9-10-16(13)22)23-20(26)12-25-19-8-3-2-6-18(19)24-17-7-4-5-15(17)21(25)27/h2-3,6,8-11,15H,4-5,7,12H2,1H3,(H,23,26)/t15-/m1/s1. The van der Waals surface area contributed by atoms with Gasteiger partial charge in [-0.25, -0.2) is 0 Å². The molecule has 2 aromatic carbocycles. The Labute approximate surface area is 166 Å². The van der Waals surface area contributed by atoms with E-state index in [0.717, 1.165) is 40.7 Å². The van der Waals surface area contributed by atoms with E-state index in [2.05, 4.69) is 21.2 Å². The van der Waals surface area contributed by atoms with Crippen molar-refractivity contribution in [1.82, 2.24) is 0 Å². The van der Waals surface area contributed by atoms with Crippen LogP contribution in [0.4, 0.5) is 17.1 Å². The minimum Gasteiger partial charge on any atom is -0.325 e. The maximum atomic E-state index is 13.1. The molecule has 1 saturated carbocycles. The van der Waals surface area contributed by atoms with Crippen LogP contribution in [0.3, 0.4) is 0 Å². The molecule has 2 aromatic rings. The molecule has 0 radical (unpaired) electrons. The lowest BCUT2D eigenvalue weighted by Gasteiger charge is -2.24. The molecule has 138 valence electrons. The molecule has 27 heavy (non-hydrogen) atoms. The fraction of sp³-hybridized carbons (Fsp3) is 0.286. The van der Waals surface area contributed by atoms with Crippen molar-refractivity contribution in [2.45, 2.75) is 26.2 Å². The molecule has 0 bridgehead atoms. The van der Waals surface area contributed by atoms with Crippen molar-refractivity contribution >= 4 is 50.5 Å². The summed E-state index contributed by atoms with van der Waals surface area (Å²) in [5, 5.41) is 2.90. The van der Waals surface area contributed by atoms with Crippen LogP contribution in [0.1, 0.15) is 24.8 Å². The maximum absolute atomic E-state index is 13.1. The van der Waals surface area contributed by atoms with Crippen molar-refractivity contribution < 1.29 is 9.59 Å². The van der Waals surface area contributed by atoms with E-state index in [1.54, 1.807) is 4.90 Å². The van der Waals surface area contributed by atoms with Gasteiger partial charge in [-0.05, 0) is 62.1 Å². The first kappa shape index (κ1) is 17.9. The number of anilines is 2. The summed E-state index contributed by atoms with van der Waals surface area (Å²) >= 11 is 3.46. The molecule has 1 aliphatic heterocycles. The Kier molecular flexibility index (Phi) is 4.83. The first-order valence-corrected chi connectivity index (χ1v) is 9.86. The van der Waals surface area contributed by atoms with E-state index in [1.165, 1.54) is 0 Å². The first-order chi connectivity index (χ1) is 13.0. The highest BCUT2D eigenvalue weighted by Gasteiger charge is 2.37. The van der Waals surface area contributed by atoms with Gasteiger partial charge < -0.3 is 10.2 Å². The van der Waals surface area contributed by atoms with Crippen molar-refractivity contribution in [3.63, 3.8) is 0 Å². The molecule has 1 N–H and O–H groups in total. The molecule has 6 heteroatoms. The van der Waals surface area contributed by atoms with Gasteiger partial charge in [-0.1, -0.05) is 28.1 Å². The summed E-state index contributed by atoms with van der Waals surface area (Å²) in [7, 11) is 0. The number of benzene rings is 2. The number of carbonyl (C=O) groups is 2. The summed E-state index contributed by atoms with van der Waals surface area (Å²) in [5.41, 5.74) is 4.16. The molecule has 0 saturated heterocycles. The zero-order chi connectivity index (χ0) is 19.0. The van der Waals surface area contributed by atoms with E-state index in [1.807, 2.05) is 49.4 Å². The number of amides is 2. The second-order valence-electron chi connectivity index (χ2n) is 6.97. The van der Waals surface area contributed by atoms with Crippen LogP contribution in [0.25, 0.3) is 0 Å². The number of fused-ring (bicyclic) bond motifs is 2. The molecule has 0 spiro atoms. The fourth-order valence-electron chi connectivity index (χ4n) is 3.71. The molecule has 1 aliphatic carbocycles. The van der Waals surface area contributed by atoms with Crippen molar-refractivity contribution in [2.24, 2.45) is 10.9 Å². The smallest absolute Gasteiger partial charge is 0.244 e. The number of para-hydroxylation sites is 2. The van der Waals surface area contributed by atoms with Gasteiger partial charge in [0.15, 0.2) is 0 Å². The quantitative estimate of drug-likeness (QED) is 0.779. The Morgan fingerprint density at radius 3 is 2.93 bits per heavy atom. The van der Waals surface area contributed by atoms with Crippen LogP contribution in [0.15, 0.2) is 51.9 Å². The summed E-state index contributed by atoms with van der Waals surface area (Å²) < 4.78 is 0.989. The average molecular weight is 426 g/mol. The lowest BCUT2D eigenvalue weighted by atomic mass is 10.1. The monoisotopic (exact) mass is 425 g/mol. The number of aliphatic imine (C=N–C) groups is 1. The molecule has 1 atom stereocenters. The Morgan fingerprint density at radius 1 is 1.30 bits per heavy atom. The predicted octanol–water partition coefficient (Wildman–Crippen LogP) is 4.62. The topological polar surface area (TPSA) is 61.8 Å². The number of hydrogen-bond acceptors (Lipinski definition) is 3. The second-order valence-corrected chi connectivity index (χ2v) is 7.83. The highest BCUT2D eigenvalue weighted by atomic mass is 79.9. The second kappa shape index (κ2) is 7.27. The van der Waals surface area contributed by atoms with Gasteiger partial charge in [0.2, 0.25) is 11.8 Å². The molecular formula is C21H20BrN3O2. The normalized spacial score (nSPS) is 18.4. The lowest BCUT2D eigenvalue weighted by molar-refractivity contribution is -0.122. The van der Waals surface area contributed by atoms with Crippen LogP contribution in [0, 0.1) is 12.8 Å². The minimum atomic E-state index is -0.221. The van der Waals surface area contributed by atoms with Gasteiger partial charge in [-0.3, -0.25) is 14.6 Å². The number of aryl methyl sites for hydroxylation is 1. The van der Waals surface area contributed by atoms with Gasteiger partial charge >= 0.3 is 0 Å². The molecule has 2 amide bonds. The van der Waals surface area contributed by atoms with Crippen molar-refractivity contribution in [2.75, 3.05) is 16.8 Å². The zero-order valence-corrected chi connectivity index (χ0v) is 16.6. The third-order valence-corrected chi connectivity index (χ3v) is 5.96. The average Bonchev–Trinajstić information content (AvgIpc) is 3.07. The van der Waals surface area contributed by atoms with Crippen LogP contribution < -0.4 is 10.2 Å². The molecule has 0 aromatic heterocycles. The van der Waals surface area contributed by atoms with E-state index in [4.69, 9.17) is 4.99 Å². The summed E-state index contributed by atoms with van der Waals surface area (Å²) in [6.45, 7) is 1.94. The molecule has 0 unspecified atom stereocenters. The van der Waals surface area contributed by atoms with E-state index >= 15 is 0 Å². The number of halogens is 1. The Morgan fingerprint density at radius 2 is 2.11 bits per heavy atom. The Balaban J connectivity index is 1.59. The van der Waals surface area contributed by atoms with Crippen LogP contribution in [-0.4, -0.2) is 24.1 Å². The van der Waals surface area contributed by atoms with Crippen LogP contribution in [-0.2, 0) is 9.59 Å². The zero-order valence-electron chi connectivity index (χ0n) is 15.0. The molecule has 1 fully saturated rings. The molecule has 1 heterocycles. The summed E-state index contributed by atoms with van der Waals surface area (Å²) in [6.07, 6.45) is 2.62. The number of nitrogens with one attached hydrogen (secondary N) is 1. The van der Waals surface area contributed by atoms with Gasteiger partial charge in [0.25, 0.3) is 0 Å².